The van der Waals surface area contributed by atoms with Crippen LogP contribution in [0, 0.1) is 19.7 Å². The molecule has 4 heteroatoms. The highest BCUT2D eigenvalue weighted by atomic mass is 19.1. The van der Waals surface area contributed by atoms with E-state index in [4.69, 9.17) is 9.15 Å². The maximum absolute atomic E-state index is 15.3. The van der Waals surface area contributed by atoms with Crippen LogP contribution in [-0.2, 0) is 11.8 Å². The highest BCUT2D eigenvalue weighted by Crippen LogP contribution is 2.42. The Morgan fingerprint density at radius 2 is 1.51 bits per heavy atom. The molecule has 0 radical (unpaired) electrons. The van der Waals surface area contributed by atoms with Crippen molar-refractivity contribution in [2.24, 2.45) is 7.05 Å². The first-order valence-corrected chi connectivity index (χ1v) is 12.3. The molecule has 0 atom stereocenters. The second kappa shape index (κ2) is 8.62. The van der Waals surface area contributed by atoms with Crippen molar-refractivity contribution in [1.29, 1.82) is 0 Å². The second-order valence-electron chi connectivity index (χ2n) is 9.74. The molecule has 1 aliphatic rings. The van der Waals surface area contributed by atoms with Gasteiger partial charge in [0.25, 0.3) is 0 Å². The molecule has 6 rings (SSSR count). The average molecular weight is 467 g/mol. The molecule has 0 saturated carbocycles. The predicted octanol–water partition coefficient (Wildman–Crippen LogP) is 7.39. The van der Waals surface area contributed by atoms with Crippen LogP contribution < -0.4 is 4.57 Å². The number of benzene rings is 3. The van der Waals surface area contributed by atoms with Gasteiger partial charge >= 0.3 is 0 Å². The van der Waals surface area contributed by atoms with Crippen molar-refractivity contribution in [3.05, 3.63) is 89.4 Å². The number of fused-ring (bicyclic) bond motifs is 3. The number of nitrogens with zero attached hydrogens (tertiary/aromatic N) is 1. The zero-order chi connectivity index (χ0) is 24.1. The van der Waals surface area contributed by atoms with Crippen molar-refractivity contribution in [3.8, 4) is 22.4 Å². The van der Waals surface area contributed by atoms with Crippen molar-refractivity contribution in [3.63, 3.8) is 0 Å². The lowest BCUT2D eigenvalue weighted by Crippen LogP contribution is -2.30. The van der Waals surface area contributed by atoms with Gasteiger partial charge in [-0.15, -0.1) is 0 Å². The van der Waals surface area contributed by atoms with E-state index in [2.05, 4.69) is 61.0 Å². The van der Waals surface area contributed by atoms with Crippen LogP contribution in [0.5, 0.6) is 0 Å². The molecular formula is C31H29FNO2+. The zero-order valence-corrected chi connectivity index (χ0v) is 20.4. The number of halogens is 1. The van der Waals surface area contributed by atoms with Gasteiger partial charge in [-0.05, 0) is 67.0 Å². The summed E-state index contributed by atoms with van der Waals surface area (Å²) in [6.45, 7) is 5.80. The summed E-state index contributed by atoms with van der Waals surface area (Å²) in [6, 6.07) is 20.2. The smallest absolute Gasteiger partial charge is 0.216 e. The van der Waals surface area contributed by atoms with Gasteiger partial charge in [-0.1, -0.05) is 36.4 Å². The molecule has 0 amide bonds. The molecule has 176 valence electrons. The van der Waals surface area contributed by atoms with E-state index in [9.17, 15) is 0 Å². The van der Waals surface area contributed by atoms with Crippen molar-refractivity contribution in [2.75, 3.05) is 13.2 Å². The van der Waals surface area contributed by atoms with Gasteiger partial charge in [0.15, 0.2) is 6.20 Å². The van der Waals surface area contributed by atoms with E-state index in [0.29, 0.717) is 17.1 Å². The first-order valence-electron chi connectivity index (χ1n) is 12.3. The largest absolute Gasteiger partial charge is 0.454 e. The van der Waals surface area contributed by atoms with Crippen LogP contribution in [0.1, 0.15) is 35.4 Å². The number of aromatic nitrogens is 1. The summed E-state index contributed by atoms with van der Waals surface area (Å²) in [5.41, 5.74) is 8.48. The normalized spacial score (nSPS) is 14.7. The number of rotatable bonds is 3. The SMILES string of the molecule is Cc1cc[n+](C)c(-c2c(C)ccc3c2oc2c(-c4ccc(C5CCOCC5)cc4)c(F)ccc23)c1. The maximum atomic E-state index is 15.3. The van der Waals surface area contributed by atoms with Gasteiger partial charge in [0.05, 0.1) is 11.1 Å². The first kappa shape index (κ1) is 22.0. The molecule has 0 bridgehead atoms. The fourth-order valence-electron chi connectivity index (χ4n) is 5.44. The molecule has 3 aromatic carbocycles. The lowest BCUT2D eigenvalue weighted by atomic mass is 9.90. The summed E-state index contributed by atoms with van der Waals surface area (Å²) in [5, 5.41) is 1.93. The van der Waals surface area contributed by atoms with E-state index in [1.165, 1.54) is 11.1 Å². The Hall–Kier alpha value is -3.50. The monoisotopic (exact) mass is 466 g/mol. The average Bonchev–Trinajstić information content (AvgIpc) is 3.24. The number of furan rings is 1. The molecule has 2 aromatic heterocycles. The highest BCUT2D eigenvalue weighted by molar-refractivity contribution is 6.13. The van der Waals surface area contributed by atoms with Crippen molar-refractivity contribution in [1.82, 2.24) is 0 Å². The first-order chi connectivity index (χ1) is 17.0. The zero-order valence-electron chi connectivity index (χ0n) is 20.4. The molecule has 0 spiro atoms. The van der Waals surface area contributed by atoms with E-state index in [1.54, 1.807) is 6.07 Å². The van der Waals surface area contributed by atoms with Gasteiger partial charge < -0.3 is 9.15 Å². The Balaban J connectivity index is 1.55. The maximum Gasteiger partial charge on any atom is 0.216 e. The third kappa shape index (κ3) is 3.73. The van der Waals surface area contributed by atoms with Crippen LogP contribution in [0.25, 0.3) is 44.3 Å². The van der Waals surface area contributed by atoms with E-state index >= 15 is 4.39 Å². The minimum atomic E-state index is -0.269. The van der Waals surface area contributed by atoms with Crippen LogP contribution >= 0.6 is 0 Å². The lowest BCUT2D eigenvalue weighted by Gasteiger charge is -2.22. The third-order valence-electron chi connectivity index (χ3n) is 7.42. The Kier molecular flexibility index (Phi) is 5.42. The molecule has 1 aliphatic heterocycles. The molecule has 35 heavy (non-hydrogen) atoms. The Labute approximate surface area is 204 Å². The van der Waals surface area contributed by atoms with Crippen LogP contribution in [0.3, 0.4) is 0 Å². The van der Waals surface area contributed by atoms with Crippen LogP contribution in [0.2, 0.25) is 0 Å². The van der Waals surface area contributed by atoms with E-state index in [-0.39, 0.29) is 5.82 Å². The molecule has 0 aliphatic carbocycles. The van der Waals surface area contributed by atoms with Crippen LogP contribution in [0.15, 0.2) is 71.3 Å². The fourth-order valence-corrected chi connectivity index (χ4v) is 5.44. The summed E-state index contributed by atoms with van der Waals surface area (Å²) in [5.74, 6) is 0.236. The molecule has 3 nitrogen and oxygen atoms in total. The number of ether oxygens (including phenoxy) is 1. The molecule has 1 fully saturated rings. The van der Waals surface area contributed by atoms with Crippen LogP contribution in [-0.4, -0.2) is 13.2 Å². The quantitative estimate of drug-likeness (QED) is 0.259. The summed E-state index contributed by atoms with van der Waals surface area (Å²) in [6.07, 6.45) is 4.13. The van der Waals surface area contributed by atoms with Crippen molar-refractivity contribution in [2.45, 2.75) is 32.6 Å². The minimum absolute atomic E-state index is 0.269. The predicted molar refractivity (Wildman–Crippen MR) is 138 cm³/mol. The lowest BCUT2D eigenvalue weighted by molar-refractivity contribution is -0.660. The van der Waals surface area contributed by atoms with Gasteiger partial charge in [-0.2, -0.15) is 0 Å². The third-order valence-corrected chi connectivity index (χ3v) is 7.42. The summed E-state index contributed by atoms with van der Waals surface area (Å²) >= 11 is 0. The molecule has 0 N–H and O–H groups in total. The minimum Gasteiger partial charge on any atom is -0.454 e. The van der Waals surface area contributed by atoms with Gasteiger partial charge in [0.2, 0.25) is 5.69 Å². The van der Waals surface area contributed by atoms with E-state index in [1.807, 2.05) is 25.2 Å². The summed E-state index contributed by atoms with van der Waals surface area (Å²) in [7, 11) is 2.04. The second-order valence-corrected chi connectivity index (χ2v) is 9.74. The van der Waals surface area contributed by atoms with Gasteiger partial charge in [0.1, 0.15) is 24.0 Å². The van der Waals surface area contributed by atoms with Gasteiger partial charge in [-0.3, -0.25) is 0 Å². The summed E-state index contributed by atoms with van der Waals surface area (Å²) < 4.78 is 29.5. The topological polar surface area (TPSA) is 26.2 Å². The molecule has 1 saturated heterocycles. The Morgan fingerprint density at radius 3 is 2.26 bits per heavy atom. The van der Waals surface area contributed by atoms with Gasteiger partial charge in [-0.25, -0.2) is 8.96 Å². The van der Waals surface area contributed by atoms with E-state index < -0.39 is 0 Å². The molecule has 0 unspecified atom stereocenters. The van der Waals surface area contributed by atoms with Crippen molar-refractivity contribution < 1.29 is 18.1 Å². The number of hydrogen-bond acceptors (Lipinski definition) is 2. The molecular weight excluding hydrogens is 437 g/mol. The molecule has 5 aromatic rings. The van der Waals surface area contributed by atoms with E-state index in [0.717, 1.165) is 64.8 Å². The number of hydrogen-bond donors (Lipinski definition) is 0. The Bertz CT molecular complexity index is 1560. The summed E-state index contributed by atoms with van der Waals surface area (Å²) in [4.78, 5) is 0. The fraction of sp³-hybridized carbons (Fsp3) is 0.258. The highest BCUT2D eigenvalue weighted by Gasteiger charge is 2.23. The number of pyridine rings is 1. The number of aryl methyl sites for hydroxylation is 3. The Morgan fingerprint density at radius 1 is 0.829 bits per heavy atom. The van der Waals surface area contributed by atoms with Crippen molar-refractivity contribution >= 4 is 21.9 Å². The van der Waals surface area contributed by atoms with Crippen LogP contribution in [0.4, 0.5) is 4.39 Å². The molecule has 3 heterocycles. The standard InChI is InChI=1S/C31H29FNO2/c1-19-12-15-33(3)27(18-19)28-20(2)4-9-24-25-10-11-26(32)29(31(25)35-30(24)28)23-7-5-21(6-8-23)22-13-16-34-17-14-22/h4-12,15,18,22H,13-14,16-17H2,1-3H3/q+1. The van der Waals surface area contributed by atoms with Gasteiger partial charge in [0, 0.05) is 36.1 Å².